The summed E-state index contributed by atoms with van der Waals surface area (Å²) in [5, 5.41) is 4.24. The smallest absolute Gasteiger partial charge is 0.434 e. The number of ether oxygens (including phenoxy) is 1. The van der Waals surface area contributed by atoms with Crippen LogP contribution in [0, 0.1) is 6.92 Å². The molecule has 0 amide bonds. The highest BCUT2D eigenvalue weighted by Gasteiger charge is 2.12. The molecule has 1 heterocycles. The number of rotatable bonds is 2. The number of carbonyl (C=O) groups is 1. The van der Waals surface area contributed by atoms with Gasteiger partial charge in [-0.05, 0) is 19.9 Å². The predicted molar refractivity (Wildman–Crippen MR) is 64.8 cm³/mol. The molecule has 0 bridgehead atoms. The lowest BCUT2D eigenvalue weighted by Crippen LogP contribution is -2.16. The summed E-state index contributed by atoms with van der Waals surface area (Å²) >= 11 is 0. The molecule has 0 aliphatic carbocycles. The Morgan fingerprint density at radius 1 is 1.35 bits per heavy atom. The first-order valence-electron chi connectivity index (χ1n) is 5.51. The minimum absolute atomic E-state index is 0.346. The average Bonchev–Trinajstić information content (AvgIpc) is 2.73. The van der Waals surface area contributed by atoms with Gasteiger partial charge in [0.1, 0.15) is 0 Å². The van der Waals surface area contributed by atoms with E-state index >= 15 is 0 Å². The quantitative estimate of drug-likeness (QED) is 0.796. The topological polar surface area (TPSA) is 44.1 Å². The van der Waals surface area contributed by atoms with Crippen molar-refractivity contribution in [3.8, 4) is 11.3 Å². The van der Waals surface area contributed by atoms with Gasteiger partial charge in [-0.3, -0.25) is 0 Å². The summed E-state index contributed by atoms with van der Waals surface area (Å²) in [6.45, 7) is 3.95. The summed E-state index contributed by atoms with van der Waals surface area (Å²) in [5.74, 6) is 0. The molecule has 0 saturated carbocycles. The van der Waals surface area contributed by atoms with Gasteiger partial charge in [-0.2, -0.15) is 9.78 Å². The van der Waals surface area contributed by atoms with E-state index in [9.17, 15) is 4.79 Å². The third kappa shape index (κ3) is 2.36. The number of aromatic nitrogens is 2. The van der Waals surface area contributed by atoms with Gasteiger partial charge in [-0.1, -0.05) is 30.3 Å². The molecule has 0 fully saturated rings. The summed E-state index contributed by atoms with van der Waals surface area (Å²) in [6.07, 6.45) is -0.438. The number of nitrogens with zero attached hydrogens (tertiary/aromatic N) is 2. The summed E-state index contributed by atoms with van der Waals surface area (Å²) < 4.78 is 6.20. The average molecular weight is 230 g/mol. The molecule has 0 aliphatic rings. The molecule has 0 radical (unpaired) electrons. The minimum atomic E-state index is -0.438. The molecule has 0 N–H and O–H groups in total. The Balaban J connectivity index is 2.34. The Bertz CT molecular complexity index is 517. The van der Waals surface area contributed by atoms with Crippen LogP contribution in [0.15, 0.2) is 36.4 Å². The molecule has 1 aromatic carbocycles. The number of benzene rings is 1. The highest BCUT2D eigenvalue weighted by molar-refractivity contribution is 5.72. The fourth-order valence-corrected chi connectivity index (χ4v) is 1.59. The van der Waals surface area contributed by atoms with Crippen LogP contribution in [-0.2, 0) is 4.74 Å². The van der Waals surface area contributed by atoms with Crippen molar-refractivity contribution in [3.05, 3.63) is 42.1 Å². The van der Waals surface area contributed by atoms with E-state index in [1.54, 1.807) is 6.92 Å². The SMILES string of the molecule is CCOC(=O)n1nc(-c2ccccc2)cc1C. The van der Waals surface area contributed by atoms with E-state index in [4.69, 9.17) is 4.74 Å². The Hall–Kier alpha value is -2.10. The van der Waals surface area contributed by atoms with Crippen molar-refractivity contribution in [1.82, 2.24) is 9.78 Å². The third-order valence-electron chi connectivity index (χ3n) is 2.40. The Morgan fingerprint density at radius 2 is 2.06 bits per heavy atom. The van der Waals surface area contributed by atoms with Crippen molar-refractivity contribution in [2.45, 2.75) is 13.8 Å². The van der Waals surface area contributed by atoms with Crippen LogP contribution in [0.5, 0.6) is 0 Å². The second-order valence-electron chi connectivity index (χ2n) is 3.65. The largest absolute Gasteiger partial charge is 0.448 e. The van der Waals surface area contributed by atoms with E-state index in [1.807, 2.05) is 43.3 Å². The van der Waals surface area contributed by atoms with E-state index in [1.165, 1.54) is 4.68 Å². The summed E-state index contributed by atoms with van der Waals surface area (Å²) in [6, 6.07) is 11.6. The molecule has 4 nitrogen and oxygen atoms in total. The molecular weight excluding hydrogens is 216 g/mol. The Kier molecular flexibility index (Phi) is 3.23. The number of hydrogen-bond acceptors (Lipinski definition) is 3. The molecule has 0 spiro atoms. The second kappa shape index (κ2) is 4.82. The Morgan fingerprint density at radius 3 is 2.71 bits per heavy atom. The van der Waals surface area contributed by atoms with Crippen molar-refractivity contribution in [2.24, 2.45) is 0 Å². The normalized spacial score (nSPS) is 10.2. The van der Waals surface area contributed by atoms with Gasteiger partial charge in [0, 0.05) is 11.3 Å². The Labute approximate surface area is 99.8 Å². The third-order valence-corrected chi connectivity index (χ3v) is 2.40. The fourth-order valence-electron chi connectivity index (χ4n) is 1.59. The number of hydrogen-bond donors (Lipinski definition) is 0. The van der Waals surface area contributed by atoms with Gasteiger partial charge in [-0.25, -0.2) is 4.79 Å². The summed E-state index contributed by atoms with van der Waals surface area (Å²) in [4.78, 5) is 11.6. The molecule has 1 aromatic heterocycles. The first-order valence-corrected chi connectivity index (χ1v) is 5.51. The zero-order valence-corrected chi connectivity index (χ0v) is 9.88. The van der Waals surface area contributed by atoms with Crippen LogP contribution in [0.3, 0.4) is 0 Å². The molecule has 0 aliphatic heterocycles. The van der Waals surface area contributed by atoms with E-state index in [-0.39, 0.29) is 0 Å². The molecule has 2 rings (SSSR count). The van der Waals surface area contributed by atoms with E-state index in [0.29, 0.717) is 6.61 Å². The van der Waals surface area contributed by atoms with Gasteiger partial charge >= 0.3 is 6.09 Å². The zero-order chi connectivity index (χ0) is 12.3. The lowest BCUT2D eigenvalue weighted by molar-refractivity contribution is 0.150. The van der Waals surface area contributed by atoms with Gasteiger partial charge in [0.15, 0.2) is 0 Å². The molecule has 0 atom stereocenters. The minimum Gasteiger partial charge on any atom is -0.448 e. The van der Waals surface area contributed by atoms with Crippen LogP contribution >= 0.6 is 0 Å². The van der Waals surface area contributed by atoms with Gasteiger partial charge in [0.2, 0.25) is 0 Å². The zero-order valence-electron chi connectivity index (χ0n) is 9.88. The molecule has 4 heteroatoms. The van der Waals surface area contributed by atoms with Crippen molar-refractivity contribution < 1.29 is 9.53 Å². The molecule has 17 heavy (non-hydrogen) atoms. The highest BCUT2D eigenvalue weighted by Crippen LogP contribution is 2.18. The van der Waals surface area contributed by atoms with Gasteiger partial charge in [-0.15, -0.1) is 0 Å². The van der Waals surface area contributed by atoms with Crippen LogP contribution in [-0.4, -0.2) is 22.5 Å². The van der Waals surface area contributed by atoms with Crippen molar-refractivity contribution in [2.75, 3.05) is 6.61 Å². The fraction of sp³-hybridized carbons (Fsp3) is 0.231. The predicted octanol–water partition coefficient (Wildman–Crippen LogP) is 2.86. The maximum absolute atomic E-state index is 11.6. The van der Waals surface area contributed by atoms with Crippen molar-refractivity contribution in [1.29, 1.82) is 0 Å². The summed E-state index contributed by atoms with van der Waals surface area (Å²) in [7, 11) is 0. The number of carbonyl (C=O) groups excluding carboxylic acids is 1. The molecule has 0 saturated heterocycles. The number of aryl methyl sites for hydroxylation is 1. The van der Waals surface area contributed by atoms with Gasteiger partial charge < -0.3 is 4.74 Å². The highest BCUT2D eigenvalue weighted by atomic mass is 16.5. The van der Waals surface area contributed by atoms with Crippen molar-refractivity contribution in [3.63, 3.8) is 0 Å². The van der Waals surface area contributed by atoms with Crippen LogP contribution in [0.2, 0.25) is 0 Å². The molecular formula is C13H14N2O2. The first-order chi connectivity index (χ1) is 8.22. The molecule has 2 aromatic rings. The monoisotopic (exact) mass is 230 g/mol. The van der Waals surface area contributed by atoms with Crippen LogP contribution < -0.4 is 0 Å². The van der Waals surface area contributed by atoms with E-state index in [2.05, 4.69) is 5.10 Å². The second-order valence-corrected chi connectivity index (χ2v) is 3.65. The maximum atomic E-state index is 11.6. The lowest BCUT2D eigenvalue weighted by atomic mass is 10.1. The first kappa shape index (κ1) is 11.4. The van der Waals surface area contributed by atoms with Crippen LogP contribution in [0.4, 0.5) is 4.79 Å². The van der Waals surface area contributed by atoms with Crippen molar-refractivity contribution >= 4 is 6.09 Å². The molecule has 0 unspecified atom stereocenters. The van der Waals surface area contributed by atoms with Crippen LogP contribution in [0.1, 0.15) is 12.6 Å². The van der Waals surface area contributed by atoms with E-state index < -0.39 is 6.09 Å². The van der Waals surface area contributed by atoms with E-state index in [0.717, 1.165) is 17.0 Å². The standard InChI is InChI=1S/C13H14N2O2/c1-3-17-13(16)15-10(2)9-12(14-15)11-7-5-4-6-8-11/h4-9H,3H2,1-2H3. The van der Waals surface area contributed by atoms with Gasteiger partial charge in [0.25, 0.3) is 0 Å². The lowest BCUT2D eigenvalue weighted by Gasteiger charge is -2.01. The van der Waals surface area contributed by atoms with Crippen LogP contribution in [0.25, 0.3) is 11.3 Å². The van der Waals surface area contributed by atoms with Gasteiger partial charge in [0.05, 0.1) is 12.3 Å². The maximum Gasteiger partial charge on any atom is 0.434 e. The molecule has 88 valence electrons. The summed E-state index contributed by atoms with van der Waals surface area (Å²) in [5.41, 5.74) is 2.53.